The minimum absolute atomic E-state index is 0.0946. The van der Waals surface area contributed by atoms with Crippen molar-refractivity contribution >= 4 is 26.0 Å². The minimum Gasteiger partial charge on any atom is -0.301 e. The van der Waals surface area contributed by atoms with Crippen LogP contribution in [0.5, 0.6) is 0 Å². The molecule has 0 aromatic rings. The van der Waals surface area contributed by atoms with Crippen molar-refractivity contribution in [1.82, 2.24) is 10.6 Å². The van der Waals surface area contributed by atoms with Crippen LogP contribution in [0.4, 0.5) is 4.79 Å². The molecule has 3 amide bonds. The molecule has 2 N–H and O–H groups in total. The van der Waals surface area contributed by atoms with Crippen LogP contribution in [-0.4, -0.2) is 26.0 Å². The topological polar surface area (TPSA) is 70.6 Å². The van der Waals surface area contributed by atoms with Gasteiger partial charge in [0.05, 0.1) is 0 Å². The fourth-order valence-electron chi connectivity index (χ4n) is 1.87. The second-order valence-electron chi connectivity index (χ2n) is 4.07. The van der Waals surface area contributed by atoms with E-state index in [0.29, 0.717) is 18.1 Å². The molecule has 0 bridgehead atoms. The Bertz CT molecular complexity index is 403. The Balaban J connectivity index is 3.08. The predicted molar refractivity (Wildman–Crippen MR) is 74.9 cm³/mol. The highest BCUT2D eigenvalue weighted by Crippen LogP contribution is 2.24. The highest BCUT2D eigenvalue weighted by Gasteiger charge is 2.34. The van der Waals surface area contributed by atoms with Gasteiger partial charge in [0, 0.05) is 0 Å². The maximum absolute atomic E-state index is 11.5. The number of rotatable bonds is 7. The van der Waals surface area contributed by atoms with Crippen LogP contribution in [0, 0.1) is 0 Å². The normalized spacial score (nSPS) is 17.2. The Morgan fingerprint density at radius 1 is 1.00 bits per heavy atom. The molecule has 0 aliphatic carbocycles. The summed E-state index contributed by atoms with van der Waals surface area (Å²) in [6.07, 6.45) is 5.37. The number of hydrogen-bond donors (Lipinski definition) is 2. The molecule has 0 spiro atoms. The molecule has 0 radical (unpaired) electrons. The van der Waals surface area contributed by atoms with Gasteiger partial charge in [-0.05, 0) is 18.1 Å². The zero-order chi connectivity index (χ0) is 13.6. The first kappa shape index (κ1) is 14.1. The van der Waals surface area contributed by atoms with Gasteiger partial charge in [0.2, 0.25) is 0 Å². The zero-order valence-corrected chi connectivity index (χ0v) is 11.2. The highest BCUT2D eigenvalue weighted by atomic mass is 28.3. The summed E-state index contributed by atoms with van der Waals surface area (Å²) in [5.41, 5.74) is 0. The van der Waals surface area contributed by atoms with Crippen LogP contribution in [0.3, 0.4) is 0 Å². The summed E-state index contributed by atoms with van der Waals surface area (Å²) in [6, 6.07) is 1.59. The van der Waals surface area contributed by atoms with Crippen molar-refractivity contribution < 1.29 is 9.59 Å². The molecule has 1 aliphatic heterocycles. The molecule has 0 aromatic heterocycles. The summed E-state index contributed by atoms with van der Waals surface area (Å²) in [7, 11) is -2.17. The van der Waals surface area contributed by atoms with Gasteiger partial charge in [-0.3, -0.25) is 15.4 Å². The molecule has 0 atom stereocenters. The Morgan fingerprint density at radius 2 is 1.50 bits per heavy atom. The molecule has 5 nitrogen and oxygen atoms in total. The van der Waals surface area contributed by atoms with Gasteiger partial charge in [0.25, 0.3) is 5.91 Å². The Labute approximate surface area is 107 Å². The van der Waals surface area contributed by atoms with Gasteiger partial charge in [-0.2, -0.15) is 0 Å². The number of amidine groups is 1. The van der Waals surface area contributed by atoms with Crippen molar-refractivity contribution in [3.8, 4) is 0 Å². The van der Waals surface area contributed by atoms with Gasteiger partial charge < -0.3 is 4.66 Å². The third-order valence-corrected chi connectivity index (χ3v) is 6.44. The van der Waals surface area contributed by atoms with Crippen LogP contribution >= 0.6 is 0 Å². The summed E-state index contributed by atoms with van der Waals surface area (Å²) in [6.45, 7) is 11.2. The molecule has 1 fully saturated rings. The molecule has 0 unspecified atom stereocenters. The number of urea groups is 1. The Hall–Kier alpha value is -1.95. The summed E-state index contributed by atoms with van der Waals surface area (Å²) >= 11 is 0. The first-order chi connectivity index (χ1) is 8.56. The molecule has 0 aromatic carbocycles. The molecule has 1 heterocycles. The van der Waals surface area contributed by atoms with E-state index in [1.54, 1.807) is 18.2 Å². The molecule has 1 saturated heterocycles. The highest BCUT2D eigenvalue weighted by molar-refractivity contribution is 6.81. The number of amides is 3. The first-order valence-electron chi connectivity index (χ1n) is 5.62. The Kier molecular flexibility index (Phi) is 4.79. The van der Waals surface area contributed by atoms with Gasteiger partial charge in [0.15, 0.2) is 14.1 Å². The van der Waals surface area contributed by atoms with Gasteiger partial charge in [-0.15, -0.1) is 19.7 Å². The van der Waals surface area contributed by atoms with Crippen LogP contribution in [0.15, 0.2) is 42.6 Å². The summed E-state index contributed by atoms with van der Waals surface area (Å²) in [5.74, 6) is -0.383. The van der Waals surface area contributed by atoms with Crippen LogP contribution in [0.2, 0.25) is 18.1 Å². The van der Waals surface area contributed by atoms with Gasteiger partial charge >= 0.3 is 6.03 Å². The molecular formula is C12H17N3O2Si. The molecule has 0 saturated carbocycles. The molecule has 6 heteroatoms. The van der Waals surface area contributed by atoms with E-state index in [2.05, 4.69) is 35.0 Å². The SMILES string of the molecule is C=CC[Si](CC=C)(CC=C)N=C1NC(=O)NC1=O. The lowest BCUT2D eigenvalue weighted by Crippen LogP contribution is -2.35. The van der Waals surface area contributed by atoms with Crippen LogP contribution in [-0.2, 0) is 4.79 Å². The lowest BCUT2D eigenvalue weighted by atomic mass is 10.6. The van der Waals surface area contributed by atoms with Crippen molar-refractivity contribution in [3.63, 3.8) is 0 Å². The van der Waals surface area contributed by atoms with Gasteiger partial charge in [-0.1, -0.05) is 18.2 Å². The summed E-state index contributed by atoms with van der Waals surface area (Å²) < 4.78 is 4.51. The maximum Gasteiger partial charge on any atom is 0.327 e. The van der Waals surface area contributed by atoms with Crippen LogP contribution in [0.1, 0.15) is 0 Å². The van der Waals surface area contributed by atoms with Crippen LogP contribution in [0.25, 0.3) is 0 Å². The van der Waals surface area contributed by atoms with E-state index < -0.39 is 20.2 Å². The largest absolute Gasteiger partial charge is 0.327 e. The van der Waals surface area contributed by atoms with Crippen molar-refractivity contribution in [2.24, 2.45) is 4.66 Å². The fraction of sp³-hybridized carbons (Fsp3) is 0.250. The third-order valence-electron chi connectivity index (χ3n) is 2.60. The number of carbonyl (C=O) groups excluding carboxylic acids is 2. The number of hydrogen-bond acceptors (Lipinski definition) is 3. The van der Waals surface area contributed by atoms with Gasteiger partial charge in [0.1, 0.15) is 0 Å². The number of nitrogens with one attached hydrogen (secondary N) is 2. The third kappa shape index (κ3) is 3.27. The average Bonchev–Trinajstić information content (AvgIpc) is 2.58. The quantitative estimate of drug-likeness (QED) is 0.417. The summed E-state index contributed by atoms with van der Waals surface area (Å²) in [4.78, 5) is 22.5. The zero-order valence-electron chi connectivity index (χ0n) is 10.2. The van der Waals surface area contributed by atoms with Crippen molar-refractivity contribution in [2.75, 3.05) is 0 Å². The van der Waals surface area contributed by atoms with E-state index in [1.165, 1.54) is 0 Å². The second kappa shape index (κ2) is 6.11. The first-order valence-corrected chi connectivity index (χ1v) is 8.18. The van der Waals surface area contributed by atoms with Crippen molar-refractivity contribution in [3.05, 3.63) is 38.0 Å². The smallest absolute Gasteiger partial charge is 0.301 e. The fourth-order valence-corrected chi connectivity index (χ4v) is 4.88. The summed E-state index contributed by atoms with van der Waals surface area (Å²) in [5, 5.41) is 4.56. The number of nitrogens with zero attached hydrogens (tertiary/aromatic N) is 1. The Morgan fingerprint density at radius 3 is 1.83 bits per heavy atom. The molecule has 1 rings (SSSR count). The lowest BCUT2D eigenvalue weighted by molar-refractivity contribution is -0.113. The predicted octanol–water partition coefficient (Wildman–Crippen LogP) is 1.73. The molecular weight excluding hydrogens is 246 g/mol. The van der Waals surface area contributed by atoms with Crippen molar-refractivity contribution in [2.45, 2.75) is 18.1 Å². The molecule has 1 aliphatic rings. The lowest BCUT2D eigenvalue weighted by Gasteiger charge is -2.23. The van der Waals surface area contributed by atoms with E-state index in [4.69, 9.17) is 0 Å². The number of allylic oxidation sites excluding steroid dienone is 3. The second-order valence-corrected chi connectivity index (χ2v) is 7.97. The van der Waals surface area contributed by atoms with Crippen LogP contribution < -0.4 is 10.6 Å². The van der Waals surface area contributed by atoms with E-state index in [0.717, 1.165) is 0 Å². The van der Waals surface area contributed by atoms with E-state index >= 15 is 0 Å². The molecule has 96 valence electrons. The van der Waals surface area contributed by atoms with E-state index in [9.17, 15) is 9.59 Å². The standard InChI is InChI=1S/C12H17N3O2Si/c1-4-7-18(8-5-2,9-6-3)15-10-11(16)14-12(17)13-10/h4-6H,1-3,7-9H2,(H2,13,14,15,16,17). The minimum atomic E-state index is -2.17. The van der Waals surface area contributed by atoms with Crippen molar-refractivity contribution in [1.29, 1.82) is 0 Å². The monoisotopic (exact) mass is 263 g/mol. The number of carbonyl (C=O) groups is 2. The van der Waals surface area contributed by atoms with E-state index in [1.807, 2.05) is 0 Å². The number of imide groups is 1. The van der Waals surface area contributed by atoms with E-state index in [-0.39, 0.29) is 5.84 Å². The average molecular weight is 263 g/mol. The molecule has 18 heavy (non-hydrogen) atoms. The maximum atomic E-state index is 11.5. The van der Waals surface area contributed by atoms with Gasteiger partial charge in [-0.25, -0.2) is 4.79 Å².